The van der Waals surface area contributed by atoms with E-state index >= 15 is 0 Å². The van der Waals surface area contributed by atoms with Crippen LogP contribution in [-0.4, -0.2) is 21.9 Å². The summed E-state index contributed by atoms with van der Waals surface area (Å²) in [4.78, 5) is 13.3. The van der Waals surface area contributed by atoms with E-state index in [4.69, 9.17) is 21.6 Å². The van der Waals surface area contributed by atoms with Gasteiger partial charge in [0.1, 0.15) is 15.8 Å². The maximum absolute atomic E-state index is 12.1. The van der Waals surface area contributed by atoms with Crippen molar-refractivity contribution >= 4 is 39.1 Å². The summed E-state index contributed by atoms with van der Waals surface area (Å²) in [5.41, 5.74) is 1.54. The van der Waals surface area contributed by atoms with Crippen LogP contribution in [0.1, 0.15) is 22.3 Å². The van der Waals surface area contributed by atoms with Crippen molar-refractivity contribution in [2.45, 2.75) is 20.0 Å². The van der Waals surface area contributed by atoms with Gasteiger partial charge in [0.05, 0.1) is 16.4 Å². The molecule has 3 rings (SSSR count). The zero-order valence-electron chi connectivity index (χ0n) is 12.4. The molecule has 116 valence electrons. The highest BCUT2D eigenvalue weighted by Gasteiger charge is 2.20. The predicted octanol–water partition coefficient (Wildman–Crippen LogP) is 4.12. The predicted molar refractivity (Wildman–Crippen MR) is 89.2 cm³/mol. The molecule has 1 atom stereocenters. The normalized spacial score (nSPS) is 12.1. The number of nitriles is 1. The minimum absolute atomic E-state index is 0.434. The van der Waals surface area contributed by atoms with Crippen LogP contribution in [0.5, 0.6) is 0 Å². The molecule has 0 aliphatic rings. The van der Waals surface area contributed by atoms with E-state index in [0.717, 1.165) is 21.6 Å². The van der Waals surface area contributed by atoms with Crippen LogP contribution < -0.4 is 0 Å². The lowest BCUT2D eigenvalue weighted by atomic mass is 10.3. The van der Waals surface area contributed by atoms with Gasteiger partial charge in [0.15, 0.2) is 6.10 Å². The van der Waals surface area contributed by atoms with E-state index in [9.17, 15) is 4.79 Å². The summed E-state index contributed by atoms with van der Waals surface area (Å²) in [5.74, 6) is -0.509. The molecular formula is C16H12ClN3O2S. The number of fused-ring (bicyclic) bond motifs is 1. The molecule has 0 saturated carbocycles. The standard InChI is InChI=1S/C16H12ClN3O2S/c1-9(8-18)22-16(21)14-7-11-10(2)19-20(15(11)23-14)13-6-4-3-5-12(13)17/h3-7,9H,1-2H3/t9-/m1/s1. The first-order chi connectivity index (χ1) is 11.0. The SMILES string of the molecule is Cc1nn(-c2ccccc2Cl)c2sc(C(=O)O[C@H](C)C#N)cc12. The Kier molecular flexibility index (Phi) is 4.07. The summed E-state index contributed by atoms with van der Waals surface area (Å²) in [7, 11) is 0. The second kappa shape index (κ2) is 6.03. The third-order valence-electron chi connectivity index (χ3n) is 3.29. The molecule has 0 bridgehead atoms. The number of esters is 1. The zero-order valence-corrected chi connectivity index (χ0v) is 14.0. The third kappa shape index (κ3) is 2.81. The number of benzene rings is 1. The lowest BCUT2D eigenvalue weighted by Gasteiger charge is -2.05. The molecule has 23 heavy (non-hydrogen) atoms. The molecule has 0 spiro atoms. The summed E-state index contributed by atoms with van der Waals surface area (Å²) < 4.78 is 6.77. The molecule has 0 aliphatic heterocycles. The number of thiophene rings is 1. The van der Waals surface area contributed by atoms with Gasteiger partial charge in [-0.15, -0.1) is 11.3 Å². The molecule has 0 aliphatic carbocycles. The van der Waals surface area contributed by atoms with Crippen molar-refractivity contribution in [2.75, 3.05) is 0 Å². The first-order valence-electron chi connectivity index (χ1n) is 6.86. The van der Waals surface area contributed by atoms with E-state index in [2.05, 4.69) is 5.10 Å². The molecule has 7 heteroatoms. The van der Waals surface area contributed by atoms with Gasteiger partial charge in [0, 0.05) is 5.39 Å². The van der Waals surface area contributed by atoms with Gasteiger partial charge >= 0.3 is 5.97 Å². The fourth-order valence-corrected chi connectivity index (χ4v) is 3.45. The molecule has 1 aromatic carbocycles. The highest BCUT2D eigenvalue weighted by atomic mass is 35.5. The zero-order chi connectivity index (χ0) is 16.6. The summed E-state index contributed by atoms with van der Waals surface area (Å²) in [6.45, 7) is 3.40. The van der Waals surface area contributed by atoms with Gasteiger partial charge in [0.2, 0.25) is 0 Å². The van der Waals surface area contributed by atoms with Crippen molar-refractivity contribution in [2.24, 2.45) is 0 Å². The lowest BCUT2D eigenvalue weighted by Crippen LogP contribution is -2.11. The molecular weight excluding hydrogens is 334 g/mol. The van der Waals surface area contributed by atoms with Crippen LogP contribution in [-0.2, 0) is 4.74 Å². The second-order valence-electron chi connectivity index (χ2n) is 4.95. The minimum Gasteiger partial charge on any atom is -0.443 e. The number of hydrogen-bond donors (Lipinski definition) is 0. The number of carbonyl (C=O) groups excluding carboxylic acids is 1. The average Bonchev–Trinajstić information content (AvgIpc) is 3.09. The van der Waals surface area contributed by atoms with Crippen LogP contribution >= 0.6 is 22.9 Å². The van der Waals surface area contributed by atoms with Gasteiger partial charge in [-0.3, -0.25) is 0 Å². The Morgan fingerprint density at radius 2 is 2.22 bits per heavy atom. The number of aryl methyl sites for hydroxylation is 1. The van der Waals surface area contributed by atoms with E-state index in [1.165, 1.54) is 18.3 Å². The van der Waals surface area contributed by atoms with Crippen molar-refractivity contribution in [3.8, 4) is 11.8 Å². The number of hydrogen-bond acceptors (Lipinski definition) is 5. The molecule has 0 saturated heterocycles. The van der Waals surface area contributed by atoms with Crippen LogP contribution in [0.15, 0.2) is 30.3 Å². The second-order valence-corrected chi connectivity index (χ2v) is 6.39. The number of ether oxygens (including phenoxy) is 1. The number of halogens is 1. The van der Waals surface area contributed by atoms with E-state index in [0.29, 0.717) is 9.90 Å². The van der Waals surface area contributed by atoms with Crippen LogP contribution in [0.2, 0.25) is 5.02 Å². The molecule has 0 N–H and O–H groups in total. The van der Waals surface area contributed by atoms with Crippen molar-refractivity contribution in [1.82, 2.24) is 9.78 Å². The molecule has 0 unspecified atom stereocenters. The number of para-hydroxylation sites is 1. The molecule has 2 aromatic heterocycles. The number of nitrogens with zero attached hydrogens (tertiary/aromatic N) is 3. The van der Waals surface area contributed by atoms with Gasteiger partial charge in [-0.2, -0.15) is 10.4 Å². The Morgan fingerprint density at radius 1 is 1.48 bits per heavy atom. The topological polar surface area (TPSA) is 67.9 Å². The smallest absolute Gasteiger partial charge is 0.349 e. The van der Waals surface area contributed by atoms with E-state index in [1.807, 2.05) is 31.2 Å². The quantitative estimate of drug-likeness (QED) is 0.670. The Balaban J connectivity index is 2.08. The van der Waals surface area contributed by atoms with Crippen LogP contribution in [0, 0.1) is 18.3 Å². The number of aromatic nitrogens is 2. The van der Waals surface area contributed by atoms with Gasteiger partial charge in [-0.1, -0.05) is 23.7 Å². The highest BCUT2D eigenvalue weighted by molar-refractivity contribution is 7.20. The Hall–Kier alpha value is -2.36. The highest BCUT2D eigenvalue weighted by Crippen LogP contribution is 2.32. The summed E-state index contributed by atoms with van der Waals surface area (Å²) in [6.07, 6.45) is -0.783. The molecule has 5 nitrogen and oxygen atoms in total. The molecule has 0 amide bonds. The summed E-state index contributed by atoms with van der Waals surface area (Å²) in [6, 6.07) is 11.0. The Labute approximate surface area is 141 Å². The van der Waals surface area contributed by atoms with Crippen molar-refractivity contribution in [3.63, 3.8) is 0 Å². The maximum atomic E-state index is 12.1. The van der Waals surface area contributed by atoms with E-state index in [-0.39, 0.29) is 0 Å². The molecule has 0 fully saturated rings. The van der Waals surface area contributed by atoms with Gasteiger partial charge in [-0.25, -0.2) is 9.48 Å². The number of carbonyl (C=O) groups is 1. The van der Waals surface area contributed by atoms with Crippen LogP contribution in [0.3, 0.4) is 0 Å². The van der Waals surface area contributed by atoms with Crippen LogP contribution in [0.4, 0.5) is 0 Å². The van der Waals surface area contributed by atoms with Gasteiger partial charge in [0.25, 0.3) is 0 Å². The summed E-state index contributed by atoms with van der Waals surface area (Å²) >= 11 is 7.51. The van der Waals surface area contributed by atoms with Crippen molar-refractivity contribution in [1.29, 1.82) is 5.26 Å². The number of rotatable bonds is 3. The fourth-order valence-electron chi connectivity index (χ4n) is 2.18. The third-order valence-corrected chi connectivity index (χ3v) is 4.70. The largest absolute Gasteiger partial charge is 0.443 e. The van der Waals surface area contributed by atoms with Crippen LogP contribution in [0.25, 0.3) is 15.9 Å². The Bertz CT molecular complexity index is 939. The maximum Gasteiger partial charge on any atom is 0.349 e. The van der Waals surface area contributed by atoms with Crippen molar-refractivity contribution in [3.05, 3.63) is 45.9 Å². The van der Waals surface area contributed by atoms with Gasteiger partial charge < -0.3 is 4.74 Å². The first kappa shape index (κ1) is 15.5. The molecule has 0 radical (unpaired) electrons. The average molecular weight is 346 g/mol. The first-order valence-corrected chi connectivity index (χ1v) is 8.05. The van der Waals surface area contributed by atoms with E-state index in [1.54, 1.807) is 16.8 Å². The fraction of sp³-hybridized carbons (Fsp3) is 0.188. The Morgan fingerprint density at radius 3 is 2.91 bits per heavy atom. The minimum atomic E-state index is -0.783. The molecule has 2 heterocycles. The lowest BCUT2D eigenvalue weighted by molar-refractivity contribution is 0.0441. The monoisotopic (exact) mass is 345 g/mol. The van der Waals surface area contributed by atoms with Crippen molar-refractivity contribution < 1.29 is 9.53 Å². The summed E-state index contributed by atoms with van der Waals surface area (Å²) in [5, 5.41) is 14.7. The molecule has 3 aromatic rings. The van der Waals surface area contributed by atoms with Gasteiger partial charge in [-0.05, 0) is 32.0 Å². The van der Waals surface area contributed by atoms with E-state index < -0.39 is 12.1 Å².